The SMILES string of the molecule is NCc1c(-c2ccc(Cl)cc2Cl)ncn1Cc1cccs1. The van der Waals surface area contributed by atoms with E-state index in [9.17, 15) is 0 Å². The van der Waals surface area contributed by atoms with Crippen molar-refractivity contribution in [2.45, 2.75) is 13.1 Å². The Morgan fingerprint density at radius 3 is 2.76 bits per heavy atom. The van der Waals surface area contributed by atoms with Gasteiger partial charge >= 0.3 is 0 Å². The fourth-order valence-corrected chi connectivity index (χ4v) is 3.44. The average molecular weight is 338 g/mol. The van der Waals surface area contributed by atoms with Crippen LogP contribution in [0.25, 0.3) is 11.3 Å². The Morgan fingerprint density at radius 2 is 2.10 bits per heavy atom. The van der Waals surface area contributed by atoms with Gasteiger partial charge in [0.2, 0.25) is 0 Å². The lowest BCUT2D eigenvalue weighted by Gasteiger charge is -2.08. The van der Waals surface area contributed by atoms with E-state index in [1.165, 1.54) is 4.88 Å². The van der Waals surface area contributed by atoms with E-state index < -0.39 is 0 Å². The van der Waals surface area contributed by atoms with Gasteiger partial charge in [0.25, 0.3) is 0 Å². The first-order chi connectivity index (χ1) is 10.2. The number of nitrogens with two attached hydrogens (primary N) is 1. The Bertz CT molecular complexity index is 750. The van der Waals surface area contributed by atoms with Gasteiger partial charge < -0.3 is 10.3 Å². The maximum atomic E-state index is 6.27. The molecule has 0 bridgehead atoms. The van der Waals surface area contributed by atoms with Gasteiger partial charge in [-0.2, -0.15) is 0 Å². The average Bonchev–Trinajstić information content (AvgIpc) is 3.09. The van der Waals surface area contributed by atoms with Crippen molar-refractivity contribution in [2.24, 2.45) is 5.73 Å². The summed E-state index contributed by atoms with van der Waals surface area (Å²) in [6, 6.07) is 9.54. The quantitative estimate of drug-likeness (QED) is 0.765. The summed E-state index contributed by atoms with van der Waals surface area (Å²) < 4.78 is 2.06. The van der Waals surface area contributed by atoms with Crippen molar-refractivity contribution in [3.05, 3.63) is 62.7 Å². The summed E-state index contributed by atoms with van der Waals surface area (Å²) in [4.78, 5) is 5.75. The second-order valence-electron chi connectivity index (χ2n) is 4.58. The summed E-state index contributed by atoms with van der Waals surface area (Å²) in [6.07, 6.45) is 1.81. The van der Waals surface area contributed by atoms with Gasteiger partial charge in [0.15, 0.2) is 0 Å². The minimum atomic E-state index is 0.402. The van der Waals surface area contributed by atoms with Crippen LogP contribution in [0.4, 0.5) is 0 Å². The third kappa shape index (κ3) is 2.99. The first kappa shape index (κ1) is 14.6. The van der Waals surface area contributed by atoms with Crippen LogP contribution < -0.4 is 5.73 Å². The molecule has 0 aliphatic carbocycles. The van der Waals surface area contributed by atoms with Gasteiger partial charge in [-0.15, -0.1) is 11.3 Å². The lowest BCUT2D eigenvalue weighted by Crippen LogP contribution is -2.08. The fourth-order valence-electron chi connectivity index (χ4n) is 2.23. The Hall–Kier alpha value is -1.33. The summed E-state index contributed by atoms with van der Waals surface area (Å²) >= 11 is 13.9. The highest BCUT2D eigenvalue weighted by atomic mass is 35.5. The van der Waals surface area contributed by atoms with E-state index in [0.29, 0.717) is 16.6 Å². The van der Waals surface area contributed by atoms with E-state index in [2.05, 4.69) is 21.0 Å². The lowest BCUT2D eigenvalue weighted by atomic mass is 10.1. The lowest BCUT2D eigenvalue weighted by molar-refractivity contribution is 0.749. The summed E-state index contributed by atoms with van der Waals surface area (Å²) in [7, 11) is 0. The van der Waals surface area contributed by atoms with E-state index >= 15 is 0 Å². The molecule has 0 amide bonds. The fraction of sp³-hybridized carbons (Fsp3) is 0.133. The third-order valence-corrected chi connectivity index (χ3v) is 4.64. The minimum absolute atomic E-state index is 0.402. The number of hydrogen-bond acceptors (Lipinski definition) is 3. The second kappa shape index (κ2) is 6.20. The molecule has 21 heavy (non-hydrogen) atoms. The molecule has 2 heterocycles. The molecule has 0 saturated heterocycles. The molecule has 108 valence electrons. The zero-order chi connectivity index (χ0) is 14.8. The van der Waals surface area contributed by atoms with Crippen molar-refractivity contribution in [3.63, 3.8) is 0 Å². The van der Waals surface area contributed by atoms with Crippen LogP contribution in [0.1, 0.15) is 10.6 Å². The van der Waals surface area contributed by atoms with Gasteiger partial charge in [0, 0.05) is 22.0 Å². The van der Waals surface area contributed by atoms with Crippen molar-refractivity contribution < 1.29 is 0 Å². The van der Waals surface area contributed by atoms with Crippen LogP contribution >= 0.6 is 34.5 Å². The number of rotatable bonds is 4. The third-order valence-electron chi connectivity index (χ3n) is 3.23. The molecule has 0 saturated carbocycles. The maximum Gasteiger partial charge on any atom is 0.0959 e. The standard InChI is InChI=1S/C15H13Cl2N3S/c16-10-3-4-12(13(17)6-10)15-14(7-18)20(9-19-15)8-11-2-1-5-21-11/h1-6,9H,7-8,18H2. The van der Waals surface area contributed by atoms with Crippen molar-refractivity contribution in [3.8, 4) is 11.3 Å². The molecule has 3 nitrogen and oxygen atoms in total. The van der Waals surface area contributed by atoms with Crippen LogP contribution in [0.5, 0.6) is 0 Å². The molecule has 3 rings (SSSR count). The van der Waals surface area contributed by atoms with Crippen molar-refractivity contribution in [1.82, 2.24) is 9.55 Å². The molecule has 0 spiro atoms. The van der Waals surface area contributed by atoms with Crippen LogP contribution in [-0.2, 0) is 13.1 Å². The van der Waals surface area contributed by atoms with Gasteiger partial charge in [0.05, 0.1) is 29.3 Å². The van der Waals surface area contributed by atoms with E-state index in [1.807, 2.05) is 18.5 Å². The molecule has 3 aromatic rings. The molecule has 0 atom stereocenters. The highest BCUT2D eigenvalue weighted by molar-refractivity contribution is 7.09. The molecule has 2 N–H and O–H groups in total. The van der Waals surface area contributed by atoms with Gasteiger partial charge in [-0.25, -0.2) is 4.98 Å². The van der Waals surface area contributed by atoms with Crippen molar-refractivity contribution >= 4 is 34.5 Å². The zero-order valence-corrected chi connectivity index (χ0v) is 13.4. The predicted molar refractivity (Wildman–Crippen MR) is 89.0 cm³/mol. The summed E-state index contributed by atoms with van der Waals surface area (Å²) in [5.41, 5.74) is 8.55. The van der Waals surface area contributed by atoms with Gasteiger partial charge in [-0.05, 0) is 29.6 Å². The van der Waals surface area contributed by atoms with Crippen LogP contribution in [0.15, 0.2) is 42.0 Å². The molecule has 2 aromatic heterocycles. The molecule has 6 heteroatoms. The minimum Gasteiger partial charge on any atom is -0.328 e. The first-order valence-electron chi connectivity index (χ1n) is 6.41. The van der Waals surface area contributed by atoms with E-state index in [0.717, 1.165) is 23.5 Å². The second-order valence-corrected chi connectivity index (χ2v) is 6.45. The van der Waals surface area contributed by atoms with Crippen LogP contribution in [0.3, 0.4) is 0 Å². The molecule has 0 aliphatic rings. The smallest absolute Gasteiger partial charge is 0.0959 e. The summed E-state index contributed by atoms with van der Waals surface area (Å²) in [5, 5.41) is 3.25. The van der Waals surface area contributed by atoms with Gasteiger partial charge in [-0.3, -0.25) is 0 Å². The maximum absolute atomic E-state index is 6.27. The van der Waals surface area contributed by atoms with Crippen molar-refractivity contribution in [1.29, 1.82) is 0 Å². The summed E-state index contributed by atoms with van der Waals surface area (Å²) in [6.45, 7) is 1.17. The van der Waals surface area contributed by atoms with E-state index in [-0.39, 0.29) is 0 Å². The molecule has 1 aromatic carbocycles. The number of halogens is 2. The predicted octanol–water partition coefficient (Wildman–Crippen LogP) is 4.43. The van der Waals surface area contributed by atoms with E-state index in [1.54, 1.807) is 23.5 Å². The number of benzene rings is 1. The molecular weight excluding hydrogens is 325 g/mol. The Kier molecular flexibility index (Phi) is 4.31. The highest BCUT2D eigenvalue weighted by Crippen LogP contribution is 2.31. The monoisotopic (exact) mass is 337 g/mol. The largest absolute Gasteiger partial charge is 0.328 e. The molecule has 0 aliphatic heterocycles. The number of imidazole rings is 1. The summed E-state index contributed by atoms with van der Waals surface area (Å²) in [5.74, 6) is 0. The zero-order valence-electron chi connectivity index (χ0n) is 11.1. The van der Waals surface area contributed by atoms with Gasteiger partial charge in [-0.1, -0.05) is 29.3 Å². The number of aromatic nitrogens is 2. The van der Waals surface area contributed by atoms with Crippen molar-refractivity contribution in [2.75, 3.05) is 0 Å². The van der Waals surface area contributed by atoms with Crippen LogP contribution in [0, 0.1) is 0 Å². The Labute approximate surface area is 137 Å². The Morgan fingerprint density at radius 1 is 1.24 bits per heavy atom. The van der Waals surface area contributed by atoms with Crippen LogP contribution in [-0.4, -0.2) is 9.55 Å². The number of hydrogen-bond donors (Lipinski definition) is 1. The topological polar surface area (TPSA) is 43.8 Å². The number of thiophene rings is 1. The van der Waals surface area contributed by atoms with Crippen LogP contribution in [0.2, 0.25) is 10.0 Å². The molecular formula is C15H13Cl2N3S. The highest BCUT2D eigenvalue weighted by Gasteiger charge is 2.15. The number of nitrogens with zero attached hydrogens (tertiary/aromatic N) is 2. The van der Waals surface area contributed by atoms with E-state index in [4.69, 9.17) is 28.9 Å². The first-order valence-corrected chi connectivity index (χ1v) is 8.04. The van der Waals surface area contributed by atoms with Gasteiger partial charge in [0.1, 0.15) is 0 Å². The Balaban J connectivity index is 2.01. The normalized spacial score (nSPS) is 11.0. The molecule has 0 radical (unpaired) electrons. The molecule has 0 unspecified atom stereocenters. The molecule has 0 fully saturated rings.